The zero-order valence-corrected chi connectivity index (χ0v) is 41.9. The number of nitrogens with one attached hydrogen (secondary N) is 3. The number of imide groups is 2. The molecule has 1 unspecified atom stereocenters. The lowest BCUT2D eigenvalue weighted by atomic mass is 10.0. The SMILES string of the molecule is N#Cc1ccc2nccc(NCCc3ccc4cc(C(=O)N5CCN(C(=O)CCOCCOCCOCCOCCOCCOCCNc6cccc7c6C(=O)N(C6CCC(=O)NC6=O)C7=O)CC5)ccc4c3)c2c1. The van der Waals surface area contributed by atoms with E-state index in [1.807, 2.05) is 42.5 Å². The Morgan fingerprint density at radius 2 is 1.31 bits per heavy atom. The molecule has 4 aromatic carbocycles. The molecule has 8 rings (SSSR count). The zero-order valence-electron chi connectivity index (χ0n) is 41.9. The summed E-state index contributed by atoms with van der Waals surface area (Å²) in [5.41, 5.74) is 5.03. The summed E-state index contributed by atoms with van der Waals surface area (Å²) in [5, 5.41) is 21.1. The van der Waals surface area contributed by atoms with Gasteiger partial charge in [-0.25, -0.2) is 0 Å². The predicted molar refractivity (Wildman–Crippen MR) is 276 cm³/mol. The van der Waals surface area contributed by atoms with Gasteiger partial charge in [-0.05, 0) is 77.7 Å². The number of carbonyl (C=O) groups is 6. The Morgan fingerprint density at radius 3 is 2.00 bits per heavy atom. The normalized spacial score (nSPS) is 15.6. The minimum atomic E-state index is -1.02. The molecule has 5 aromatic rings. The quantitative estimate of drug-likeness (QED) is 0.0470. The number of anilines is 2. The van der Waals surface area contributed by atoms with E-state index in [1.165, 1.54) is 5.56 Å². The van der Waals surface area contributed by atoms with Crippen molar-refractivity contribution in [2.24, 2.45) is 0 Å². The second kappa shape index (κ2) is 27.2. The molecule has 3 aliphatic heterocycles. The van der Waals surface area contributed by atoms with Crippen LogP contribution < -0.4 is 16.0 Å². The molecule has 1 aromatic heterocycles. The Labute approximate surface area is 434 Å². The average Bonchev–Trinajstić information content (AvgIpc) is 3.70. The van der Waals surface area contributed by atoms with E-state index in [-0.39, 0.29) is 48.8 Å². The highest BCUT2D eigenvalue weighted by atomic mass is 16.6. The van der Waals surface area contributed by atoms with Gasteiger partial charge in [0.25, 0.3) is 17.7 Å². The molecular weight excluding hydrogens is 965 g/mol. The van der Waals surface area contributed by atoms with Crippen LogP contribution in [-0.2, 0) is 49.2 Å². The number of nitrogens with zero attached hydrogens (tertiary/aromatic N) is 5. The van der Waals surface area contributed by atoms with Crippen LogP contribution in [0.4, 0.5) is 11.4 Å². The van der Waals surface area contributed by atoms with Crippen LogP contribution in [0.1, 0.15) is 61.5 Å². The van der Waals surface area contributed by atoms with E-state index in [2.05, 4.69) is 39.1 Å². The molecule has 4 heterocycles. The highest BCUT2D eigenvalue weighted by molar-refractivity contribution is 6.25. The second-order valence-electron chi connectivity index (χ2n) is 18.0. The summed E-state index contributed by atoms with van der Waals surface area (Å²) in [7, 11) is 0. The number of benzene rings is 4. The Hall–Kier alpha value is -7.38. The number of piperidine rings is 1. The monoisotopic (exact) mass is 1030 g/mol. The molecule has 3 N–H and O–H groups in total. The van der Waals surface area contributed by atoms with E-state index in [0.29, 0.717) is 129 Å². The highest BCUT2D eigenvalue weighted by Crippen LogP contribution is 2.32. The third-order valence-electron chi connectivity index (χ3n) is 13.0. The fraction of sp³-hybridized carbons (Fsp3) is 0.418. The first-order valence-corrected chi connectivity index (χ1v) is 25.4. The van der Waals surface area contributed by atoms with Gasteiger partial charge in [0.2, 0.25) is 17.7 Å². The number of pyridine rings is 1. The van der Waals surface area contributed by atoms with Crippen molar-refractivity contribution in [3.8, 4) is 6.07 Å². The number of aromatic nitrogens is 1. The molecule has 6 amide bonds. The molecular formula is C55H62N8O12. The lowest BCUT2D eigenvalue weighted by molar-refractivity contribution is -0.136. The second-order valence-corrected chi connectivity index (χ2v) is 18.0. The molecule has 0 bridgehead atoms. The Morgan fingerprint density at radius 1 is 0.667 bits per heavy atom. The van der Waals surface area contributed by atoms with E-state index in [0.717, 1.165) is 38.7 Å². The van der Waals surface area contributed by atoms with E-state index in [9.17, 15) is 34.0 Å². The Balaban J connectivity index is 0.588. The number of hydrogen-bond donors (Lipinski definition) is 3. The first-order chi connectivity index (χ1) is 36.7. The van der Waals surface area contributed by atoms with Gasteiger partial charge in [0.05, 0.1) is 114 Å². The Bertz CT molecular complexity index is 2880. The predicted octanol–water partition coefficient (Wildman–Crippen LogP) is 4.20. The van der Waals surface area contributed by atoms with Crippen LogP contribution in [0.15, 0.2) is 85.1 Å². The molecule has 20 heteroatoms. The van der Waals surface area contributed by atoms with E-state index < -0.39 is 29.7 Å². The standard InChI is InChI=1S/C55H62N8O12/c56-37-39-5-9-45-44(35-39)46(13-16-58-45)57-15-12-38-4-6-41-36-42(8-7-40(41)34-38)53(67)62-20-18-61(19-21-62)50(65)14-22-70-24-26-72-28-30-74-32-33-75-31-29-73-27-25-71-23-17-59-47-3-1-2-43-51(47)55(69)63(54(43)68)48-10-11-49(64)60-52(48)66/h1-9,13,16,34-36,48,59H,10-12,14-15,17-33H2,(H,57,58)(H,60,64,66). The average molecular weight is 1030 g/mol. The van der Waals surface area contributed by atoms with Gasteiger partial charge >= 0.3 is 0 Å². The molecule has 394 valence electrons. The summed E-state index contributed by atoms with van der Waals surface area (Å²) >= 11 is 0. The molecule has 1 atom stereocenters. The lowest BCUT2D eigenvalue weighted by Gasteiger charge is -2.35. The number of amides is 6. The number of ether oxygens (including phenoxy) is 6. The van der Waals surface area contributed by atoms with Crippen LogP contribution in [-0.4, -0.2) is 180 Å². The number of hydrogen-bond acceptors (Lipinski definition) is 16. The molecule has 0 saturated carbocycles. The lowest BCUT2D eigenvalue weighted by Crippen LogP contribution is -2.54. The van der Waals surface area contributed by atoms with Crippen molar-refractivity contribution in [2.75, 3.05) is 129 Å². The number of fused-ring (bicyclic) bond motifs is 3. The van der Waals surface area contributed by atoms with Gasteiger partial charge in [0.15, 0.2) is 0 Å². The summed E-state index contributed by atoms with van der Waals surface area (Å²) < 4.78 is 33.5. The summed E-state index contributed by atoms with van der Waals surface area (Å²) in [5.74, 6) is -2.26. The fourth-order valence-electron chi connectivity index (χ4n) is 9.08. The number of rotatable bonds is 28. The molecule has 0 radical (unpaired) electrons. The van der Waals surface area contributed by atoms with Crippen LogP contribution in [0.3, 0.4) is 0 Å². The van der Waals surface area contributed by atoms with Gasteiger partial charge in [-0.3, -0.25) is 44.0 Å². The molecule has 0 aliphatic carbocycles. The zero-order chi connectivity index (χ0) is 52.4. The van der Waals surface area contributed by atoms with E-state index in [4.69, 9.17) is 28.4 Å². The number of piperazine rings is 1. The molecule has 75 heavy (non-hydrogen) atoms. The van der Waals surface area contributed by atoms with Crippen molar-refractivity contribution >= 4 is 68.5 Å². The Kier molecular flexibility index (Phi) is 19.6. The summed E-state index contributed by atoms with van der Waals surface area (Å²) in [6.07, 6.45) is 2.96. The minimum Gasteiger partial charge on any atom is -0.384 e. The van der Waals surface area contributed by atoms with E-state index >= 15 is 0 Å². The van der Waals surface area contributed by atoms with Gasteiger partial charge in [0, 0.05) is 74.2 Å². The van der Waals surface area contributed by atoms with Crippen molar-refractivity contribution in [3.63, 3.8) is 0 Å². The van der Waals surface area contributed by atoms with Gasteiger partial charge in [0.1, 0.15) is 6.04 Å². The van der Waals surface area contributed by atoms with Crippen LogP contribution in [0.2, 0.25) is 0 Å². The molecule has 2 fully saturated rings. The summed E-state index contributed by atoms with van der Waals surface area (Å²) in [6, 6.07) is 25.5. The van der Waals surface area contributed by atoms with Crippen LogP contribution in [0.25, 0.3) is 21.7 Å². The largest absolute Gasteiger partial charge is 0.384 e. The maximum absolute atomic E-state index is 13.5. The summed E-state index contributed by atoms with van der Waals surface area (Å²) in [4.78, 5) is 85.4. The molecule has 2 saturated heterocycles. The van der Waals surface area contributed by atoms with Gasteiger partial charge in [-0.1, -0.05) is 30.3 Å². The van der Waals surface area contributed by atoms with Crippen molar-refractivity contribution in [1.82, 2.24) is 25.0 Å². The third-order valence-corrected chi connectivity index (χ3v) is 13.0. The third kappa shape index (κ3) is 14.5. The highest BCUT2D eigenvalue weighted by Gasteiger charge is 2.45. The van der Waals surface area contributed by atoms with Crippen molar-refractivity contribution in [3.05, 3.63) is 113 Å². The van der Waals surface area contributed by atoms with Crippen molar-refractivity contribution in [1.29, 1.82) is 5.26 Å². The van der Waals surface area contributed by atoms with E-state index in [1.54, 1.807) is 40.3 Å². The van der Waals surface area contributed by atoms with Crippen LogP contribution in [0.5, 0.6) is 0 Å². The van der Waals surface area contributed by atoms with Gasteiger partial charge < -0.3 is 48.9 Å². The number of nitriles is 1. The van der Waals surface area contributed by atoms with Crippen molar-refractivity contribution < 1.29 is 57.2 Å². The molecule has 20 nitrogen and oxygen atoms in total. The van der Waals surface area contributed by atoms with Gasteiger partial charge in [-0.15, -0.1) is 0 Å². The molecule has 3 aliphatic rings. The summed E-state index contributed by atoms with van der Waals surface area (Å²) in [6.45, 7) is 7.40. The minimum absolute atomic E-state index is 0.00242. The topological polar surface area (TPSA) is 240 Å². The maximum Gasteiger partial charge on any atom is 0.264 e. The molecule has 0 spiro atoms. The fourth-order valence-corrected chi connectivity index (χ4v) is 9.08. The van der Waals surface area contributed by atoms with Crippen LogP contribution >= 0.6 is 0 Å². The van der Waals surface area contributed by atoms with Crippen molar-refractivity contribution in [2.45, 2.75) is 31.7 Å². The first kappa shape index (κ1) is 53.9. The van der Waals surface area contributed by atoms with Crippen LogP contribution in [0, 0.1) is 11.3 Å². The maximum atomic E-state index is 13.5. The smallest absolute Gasteiger partial charge is 0.264 e. The number of carbonyl (C=O) groups excluding carboxylic acids is 6. The first-order valence-electron chi connectivity index (χ1n) is 25.4. The van der Waals surface area contributed by atoms with Gasteiger partial charge in [-0.2, -0.15) is 5.26 Å².